The van der Waals surface area contributed by atoms with Crippen molar-refractivity contribution in [3.63, 3.8) is 0 Å². The van der Waals surface area contributed by atoms with Crippen LogP contribution < -0.4 is 5.73 Å². The Hall–Kier alpha value is -0.300. The molecule has 2 atom stereocenters. The first-order valence-corrected chi connectivity index (χ1v) is 4.41. The molecule has 0 radical (unpaired) electrons. The second kappa shape index (κ2) is 4.55. The molecule has 0 saturated heterocycles. The molecule has 0 bridgehead atoms. The van der Waals surface area contributed by atoms with E-state index in [4.69, 9.17) is 5.73 Å². The average molecular weight is 155 g/mol. The molecule has 0 amide bonds. The molecule has 66 valence electrons. The summed E-state index contributed by atoms with van der Waals surface area (Å²) in [7, 11) is 0. The number of hydrogen-bond acceptors (Lipinski definition) is 1. The molecule has 1 heteroatoms. The Morgan fingerprint density at radius 3 is 2.45 bits per heavy atom. The van der Waals surface area contributed by atoms with Crippen LogP contribution in [0, 0.1) is 11.3 Å². The third-order valence-electron chi connectivity index (χ3n) is 2.47. The quantitative estimate of drug-likeness (QED) is 0.607. The molecule has 0 spiro atoms. The molecule has 0 saturated carbocycles. The molecule has 0 aliphatic rings. The van der Waals surface area contributed by atoms with Gasteiger partial charge < -0.3 is 5.73 Å². The lowest BCUT2D eigenvalue weighted by atomic mass is 9.81. The van der Waals surface area contributed by atoms with E-state index in [0.29, 0.717) is 6.54 Å². The summed E-state index contributed by atoms with van der Waals surface area (Å²) in [6.45, 7) is 11.2. The fourth-order valence-electron chi connectivity index (χ4n) is 1.19. The number of nitrogens with two attached hydrogens (primary N) is 1. The van der Waals surface area contributed by atoms with E-state index in [-0.39, 0.29) is 5.41 Å². The van der Waals surface area contributed by atoms with Crippen LogP contribution in [-0.4, -0.2) is 6.54 Å². The molecule has 1 nitrogen and oxygen atoms in total. The molecule has 0 aromatic rings. The van der Waals surface area contributed by atoms with Crippen molar-refractivity contribution in [2.45, 2.75) is 33.6 Å². The first-order valence-electron chi connectivity index (χ1n) is 4.41. The zero-order chi connectivity index (χ0) is 8.91. The van der Waals surface area contributed by atoms with Gasteiger partial charge in [-0.1, -0.05) is 33.3 Å². The van der Waals surface area contributed by atoms with Crippen LogP contribution in [0.15, 0.2) is 12.7 Å². The fraction of sp³-hybridized carbons (Fsp3) is 0.800. The lowest BCUT2D eigenvalue weighted by Crippen LogP contribution is -2.26. The summed E-state index contributed by atoms with van der Waals surface area (Å²) in [6.07, 6.45) is 4.37. The van der Waals surface area contributed by atoms with E-state index in [1.807, 2.05) is 6.08 Å². The zero-order valence-corrected chi connectivity index (χ0v) is 8.06. The summed E-state index contributed by atoms with van der Waals surface area (Å²) < 4.78 is 0. The van der Waals surface area contributed by atoms with Crippen LogP contribution in [0.1, 0.15) is 33.6 Å². The van der Waals surface area contributed by atoms with Crippen molar-refractivity contribution in [3.05, 3.63) is 12.7 Å². The van der Waals surface area contributed by atoms with Crippen LogP contribution in [0.2, 0.25) is 0 Å². The predicted molar refractivity (Wildman–Crippen MR) is 51.4 cm³/mol. The minimum absolute atomic E-state index is 0.148. The maximum absolute atomic E-state index is 5.65. The lowest BCUT2D eigenvalue weighted by molar-refractivity contribution is 0.323. The Kier molecular flexibility index (Phi) is 4.43. The van der Waals surface area contributed by atoms with Gasteiger partial charge in [0.2, 0.25) is 0 Å². The van der Waals surface area contributed by atoms with Crippen LogP contribution in [0.5, 0.6) is 0 Å². The molecule has 0 aromatic carbocycles. The van der Waals surface area contributed by atoms with Crippen LogP contribution in [0.3, 0.4) is 0 Å². The van der Waals surface area contributed by atoms with Crippen molar-refractivity contribution in [1.29, 1.82) is 0 Å². The van der Waals surface area contributed by atoms with Gasteiger partial charge in [0, 0.05) is 6.54 Å². The second-order valence-electron chi connectivity index (χ2n) is 3.78. The monoisotopic (exact) mass is 155 g/mol. The summed E-state index contributed by atoms with van der Waals surface area (Å²) in [4.78, 5) is 0. The van der Waals surface area contributed by atoms with Crippen LogP contribution in [-0.2, 0) is 0 Å². The Bertz CT molecular complexity index is 120. The summed E-state index contributed by atoms with van der Waals surface area (Å²) in [5.41, 5.74) is 5.80. The van der Waals surface area contributed by atoms with Crippen molar-refractivity contribution in [2.75, 3.05) is 6.54 Å². The maximum atomic E-state index is 5.65. The highest BCUT2D eigenvalue weighted by Gasteiger charge is 2.20. The van der Waals surface area contributed by atoms with Crippen LogP contribution in [0.4, 0.5) is 0 Å². The number of rotatable bonds is 5. The smallest absolute Gasteiger partial charge is 0.00115 e. The summed E-state index contributed by atoms with van der Waals surface area (Å²) >= 11 is 0. The Balaban J connectivity index is 3.96. The molecule has 0 aliphatic heterocycles. The van der Waals surface area contributed by atoms with E-state index in [0.717, 1.165) is 12.3 Å². The third kappa shape index (κ3) is 3.57. The highest BCUT2D eigenvalue weighted by Crippen LogP contribution is 2.27. The summed E-state index contributed by atoms with van der Waals surface area (Å²) in [5.74, 6) is 0.751. The van der Waals surface area contributed by atoms with Gasteiger partial charge in [-0.15, -0.1) is 6.58 Å². The molecule has 2 N–H and O–H groups in total. The summed E-state index contributed by atoms with van der Waals surface area (Å²) in [6, 6.07) is 0. The third-order valence-corrected chi connectivity index (χ3v) is 2.47. The first kappa shape index (κ1) is 10.7. The van der Waals surface area contributed by atoms with Crippen molar-refractivity contribution in [3.8, 4) is 0 Å². The normalized spacial score (nSPS) is 18.9. The van der Waals surface area contributed by atoms with E-state index >= 15 is 0 Å². The highest BCUT2D eigenvalue weighted by atomic mass is 14.6. The van der Waals surface area contributed by atoms with Gasteiger partial charge in [0.1, 0.15) is 0 Å². The molecule has 0 heterocycles. The highest BCUT2D eigenvalue weighted by molar-refractivity contribution is 4.92. The van der Waals surface area contributed by atoms with Gasteiger partial charge >= 0.3 is 0 Å². The minimum Gasteiger partial charge on any atom is -0.330 e. The van der Waals surface area contributed by atoms with E-state index in [9.17, 15) is 0 Å². The Morgan fingerprint density at radius 1 is 1.64 bits per heavy atom. The van der Waals surface area contributed by atoms with E-state index in [1.165, 1.54) is 6.42 Å². The summed E-state index contributed by atoms with van der Waals surface area (Å²) in [5, 5.41) is 0. The van der Waals surface area contributed by atoms with Gasteiger partial charge in [-0.25, -0.2) is 0 Å². The van der Waals surface area contributed by atoms with Crippen LogP contribution in [0.25, 0.3) is 0 Å². The minimum atomic E-state index is 0.148. The molecular weight excluding hydrogens is 134 g/mol. The van der Waals surface area contributed by atoms with E-state index in [1.54, 1.807) is 0 Å². The van der Waals surface area contributed by atoms with Gasteiger partial charge in [-0.05, 0) is 17.8 Å². The number of hydrogen-bond donors (Lipinski definition) is 1. The van der Waals surface area contributed by atoms with Gasteiger partial charge in [0.05, 0.1) is 0 Å². The van der Waals surface area contributed by atoms with E-state index in [2.05, 4.69) is 27.4 Å². The molecular formula is C10H21N. The van der Waals surface area contributed by atoms with Crippen molar-refractivity contribution >= 4 is 0 Å². The van der Waals surface area contributed by atoms with E-state index < -0.39 is 0 Å². The van der Waals surface area contributed by atoms with Gasteiger partial charge in [-0.3, -0.25) is 0 Å². The van der Waals surface area contributed by atoms with Crippen molar-refractivity contribution in [2.24, 2.45) is 17.1 Å². The lowest BCUT2D eigenvalue weighted by Gasteiger charge is -2.26. The molecule has 0 aliphatic carbocycles. The SMILES string of the molecule is C=CC(C)(CN)CC(C)CC. The zero-order valence-electron chi connectivity index (χ0n) is 8.06. The average Bonchev–Trinajstić information content (AvgIpc) is 2.04. The second-order valence-corrected chi connectivity index (χ2v) is 3.78. The standard InChI is InChI=1S/C10H21N/c1-5-9(3)7-10(4,6-2)8-11/h6,9H,2,5,7-8,11H2,1,3-4H3. The first-order chi connectivity index (χ1) is 5.08. The molecule has 0 fully saturated rings. The van der Waals surface area contributed by atoms with Gasteiger partial charge in [0.15, 0.2) is 0 Å². The molecule has 0 aromatic heterocycles. The largest absolute Gasteiger partial charge is 0.330 e. The van der Waals surface area contributed by atoms with Crippen molar-refractivity contribution in [1.82, 2.24) is 0 Å². The Morgan fingerprint density at radius 2 is 2.18 bits per heavy atom. The maximum Gasteiger partial charge on any atom is 0.00115 e. The predicted octanol–water partition coefficient (Wildman–Crippen LogP) is 2.57. The Labute approximate surface area is 70.7 Å². The molecule has 2 unspecified atom stereocenters. The van der Waals surface area contributed by atoms with Crippen LogP contribution >= 0.6 is 0 Å². The van der Waals surface area contributed by atoms with Gasteiger partial charge in [-0.2, -0.15) is 0 Å². The van der Waals surface area contributed by atoms with Crippen molar-refractivity contribution < 1.29 is 0 Å². The molecule has 11 heavy (non-hydrogen) atoms. The topological polar surface area (TPSA) is 26.0 Å². The van der Waals surface area contributed by atoms with Gasteiger partial charge in [0.25, 0.3) is 0 Å². The molecule has 0 rings (SSSR count). The fourth-order valence-corrected chi connectivity index (χ4v) is 1.19.